The van der Waals surface area contributed by atoms with Crippen molar-refractivity contribution in [2.24, 2.45) is 5.73 Å². The fourth-order valence-corrected chi connectivity index (χ4v) is 2.18. The fourth-order valence-electron chi connectivity index (χ4n) is 2.18. The van der Waals surface area contributed by atoms with Crippen molar-refractivity contribution < 1.29 is 0 Å². The van der Waals surface area contributed by atoms with E-state index in [1.807, 2.05) is 12.1 Å². The molecule has 0 radical (unpaired) electrons. The van der Waals surface area contributed by atoms with E-state index < -0.39 is 0 Å². The second-order valence-electron chi connectivity index (χ2n) is 4.83. The molecule has 1 aromatic carbocycles. The number of hydrogen-bond donors (Lipinski definition) is 2. The van der Waals surface area contributed by atoms with Crippen molar-refractivity contribution in [1.29, 1.82) is 5.41 Å². The third-order valence-electron chi connectivity index (χ3n) is 3.13. The number of aryl methyl sites for hydroxylation is 1. The van der Waals surface area contributed by atoms with Crippen LogP contribution in [0.3, 0.4) is 0 Å². The van der Waals surface area contributed by atoms with Gasteiger partial charge >= 0.3 is 0 Å². The van der Waals surface area contributed by atoms with Crippen LogP contribution in [-0.4, -0.2) is 23.8 Å². The van der Waals surface area contributed by atoms with Crippen LogP contribution in [0.1, 0.15) is 43.4 Å². The van der Waals surface area contributed by atoms with E-state index in [0.29, 0.717) is 0 Å². The van der Waals surface area contributed by atoms with E-state index in [0.717, 1.165) is 25.2 Å². The summed E-state index contributed by atoms with van der Waals surface area (Å²) in [7, 11) is 0. The van der Waals surface area contributed by atoms with Crippen LogP contribution < -0.4 is 5.73 Å². The zero-order chi connectivity index (χ0) is 13.5. The summed E-state index contributed by atoms with van der Waals surface area (Å²) in [6.45, 7) is 9.80. The molecule has 0 spiro atoms. The van der Waals surface area contributed by atoms with Crippen molar-refractivity contribution in [3.05, 3.63) is 34.9 Å². The highest BCUT2D eigenvalue weighted by Crippen LogP contribution is 2.14. The molecule has 0 heterocycles. The van der Waals surface area contributed by atoms with Gasteiger partial charge in [0.2, 0.25) is 0 Å². The molecule has 0 aromatic heterocycles. The van der Waals surface area contributed by atoms with Gasteiger partial charge in [-0.2, -0.15) is 0 Å². The molecular weight excluding hydrogens is 222 g/mol. The van der Waals surface area contributed by atoms with Crippen molar-refractivity contribution in [3.8, 4) is 0 Å². The Bertz CT molecular complexity index is 393. The molecule has 0 amide bonds. The Kier molecular flexibility index (Phi) is 5.86. The summed E-state index contributed by atoms with van der Waals surface area (Å²) in [6, 6.07) is 6.05. The number of rotatable bonds is 7. The van der Waals surface area contributed by atoms with Crippen molar-refractivity contribution in [2.45, 2.75) is 40.2 Å². The molecule has 0 unspecified atom stereocenters. The molecule has 3 N–H and O–H groups in total. The molecule has 0 aliphatic carbocycles. The molecule has 1 aromatic rings. The molecule has 0 aliphatic rings. The van der Waals surface area contributed by atoms with Gasteiger partial charge in [-0.3, -0.25) is 10.3 Å². The van der Waals surface area contributed by atoms with Crippen LogP contribution in [0.15, 0.2) is 18.2 Å². The van der Waals surface area contributed by atoms with Crippen LogP contribution in [0, 0.1) is 12.3 Å². The van der Waals surface area contributed by atoms with Crippen molar-refractivity contribution in [3.63, 3.8) is 0 Å². The van der Waals surface area contributed by atoms with Gasteiger partial charge in [0.25, 0.3) is 0 Å². The second kappa shape index (κ2) is 7.17. The van der Waals surface area contributed by atoms with Gasteiger partial charge < -0.3 is 5.73 Å². The maximum absolute atomic E-state index is 7.44. The summed E-state index contributed by atoms with van der Waals surface area (Å²) in [6.07, 6.45) is 2.37. The van der Waals surface area contributed by atoms with E-state index in [4.69, 9.17) is 11.1 Å². The highest BCUT2D eigenvalue weighted by Gasteiger charge is 2.07. The Balaban J connectivity index is 2.79. The minimum atomic E-state index is 0.142. The molecule has 0 saturated heterocycles. The van der Waals surface area contributed by atoms with Gasteiger partial charge in [-0.05, 0) is 50.0 Å². The first kappa shape index (κ1) is 14.7. The van der Waals surface area contributed by atoms with Crippen LogP contribution in [0.25, 0.3) is 0 Å². The number of nitrogens with two attached hydrogens (primary N) is 1. The van der Waals surface area contributed by atoms with Gasteiger partial charge in [0.1, 0.15) is 5.84 Å². The van der Waals surface area contributed by atoms with Gasteiger partial charge in [-0.15, -0.1) is 0 Å². The quantitative estimate of drug-likeness (QED) is 0.575. The zero-order valence-corrected chi connectivity index (χ0v) is 11.8. The Morgan fingerprint density at radius 3 is 2.28 bits per heavy atom. The molecule has 0 saturated carbocycles. The minimum Gasteiger partial charge on any atom is -0.384 e. The Labute approximate surface area is 111 Å². The highest BCUT2D eigenvalue weighted by molar-refractivity contribution is 5.95. The summed E-state index contributed by atoms with van der Waals surface area (Å²) in [5.74, 6) is 0.142. The molecular formula is C15H25N3. The van der Waals surface area contributed by atoms with Gasteiger partial charge in [0, 0.05) is 12.1 Å². The number of amidine groups is 1. The van der Waals surface area contributed by atoms with Gasteiger partial charge in [0.05, 0.1) is 0 Å². The van der Waals surface area contributed by atoms with Crippen LogP contribution in [0.4, 0.5) is 0 Å². The molecule has 100 valence electrons. The topological polar surface area (TPSA) is 53.1 Å². The molecule has 0 bridgehead atoms. The van der Waals surface area contributed by atoms with Crippen molar-refractivity contribution >= 4 is 5.84 Å². The van der Waals surface area contributed by atoms with Gasteiger partial charge in [-0.25, -0.2) is 0 Å². The van der Waals surface area contributed by atoms with E-state index >= 15 is 0 Å². The van der Waals surface area contributed by atoms with Crippen molar-refractivity contribution in [1.82, 2.24) is 4.90 Å². The van der Waals surface area contributed by atoms with E-state index in [1.54, 1.807) is 0 Å². The van der Waals surface area contributed by atoms with Crippen LogP contribution in [0.5, 0.6) is 0 Å². The molecule has 1 rings (SSSR count). The van der Waals surface area contributed by atoms with Crippen LogP contribution in [0.2, 0.25) is 0 Å². The van der Waals surface area contributed by atoms with E-state index in [1.165, 1.54) is 24.0 Å². The monoisotopic (exact) mass is 247 g/mol. The van der Waals surface area contributed by atoms with Gasteiger partial charge in [0.15, 0.2) is 0 Å². The van der Waals surface area contributed by atoms with Crippen LogP contribution in [-0.2, 0) is 6.54 Å². The number of hydrogen-bond acceptors (Lipinski definition) is 2. The third-order valence-corrected chi connectivity index (χ3v) is 3.13. The van der Waals surface area contributed by atoms with E-state index in [9.17, 15) is 0 Å². The molecule has 3 heteroatoms. The first-order valence-corrected chi connectivity index (χ1v) is 6.74. The van der Waals surface area contributed by atoms with E-state index in [-0.39, 0.29) is 5.84 Å². The summed E-state index contributed by atoms with van der Waals surface area (Å²) >= 11 is 0. The molecule has 0 fully saturated rings. The molecule has 0 atom stereocenters. The largest absolute Gasteiger partial charge is 0.384 e. The minimum absolute atomic E-state index is 0.142. The van der Waals surface area contributed by atoms with Crippen LogP contribution >= 0.6 is 0 Å². The summed E-state index contributed by atoms with van der Waals surface area (Å²) in [5, 5.41) is 7.44. The third kappa shape index (κ3) is 4.15. The molecule has 3 nitrogen and oxygen atoms in total. The van der Waals surface area contributed by atoms with Crippen molar-refractivity contribution in [2.75, 3.05) is 13.1 Å². The lowest BCUT2D eigenvalue weighted by Gasteiger charge is -2.22. The number of benzene rings is 1. The Morgan fingerprint density at radius 2 is 1.83 bits per heavy atom. The molecule has 0 aliphatic heterocycles. The first-order valence-electron chi connectivity index (χ1n) is 6.74. The normalized spacial score (nSPS) is 10.9. The average molecular weight is 247 g/mol. The second-order valence-corrected chi connectivity index (χ2v) is 4.83. The maximum atomic E-state index is 7.44. The van der Waals surface area contributed by atoms with Gasteiger partial charge in [-0.1, -0.05) is 26.0 Å². The summed E-state index contributed by atoms with van der Waals surface area (Å²) in [5.41, 5.74) is 8.87. The lowest BCUT2D eigenvalue weighted by Crippen LogP contribution is -2.25. The standard InChI is InChI=1S/C15H25N3/c1-4-8-18(9-5-2)11-14-7-6-13(15(16)17)10-12(14)3/h6-7,10H,4-5,8-9,11H2,1-3H3,(H3,16,17). The maximum Gasteiger partial charge on any atom is 0.122 e. The molecule has 18 heavy (non-hydrogen) atoms. The fraction of sp³-hybridized carbons (Fsp3) is 0.533. The summed E-state index contributed by atoms with van der Waals surface area (Å²) in [4.78, 5) is 2.48. The Hall–Kier alpha value is -1.35. The first-order chi connectivity index (χ1) is 8.58. The lowest BCUT2D eigenvalue weighted by molar-refractivity contribution is 0.266. The smallest absolute Gasteiger partial charge is 0.122 e. The zero-order valence-electron chi connectivity index (χ0n) is 11.8. The number of nitrogen functional groups attached to an aromatic ring is 1. The lowest BCUT2D eigenvalue weighted by atomic mass is 10.0. The number of nitrogens with one attached hydrogen (secondary N) is 1. The average Bonchev–Trinajstić information content (AvgIpc) is 2.32. The predicted octanol–water partition coefficient (Wildman–Crippen LogP) is 2.90. The van der Waals surface area contributed by atoms with E-state index in [2.05, 4.69) is 31.7 Å². The SMILES string of the molecule is CCCN(CCC)Cc1ccc(C(=N)N)cc1C. The predicted molar refractivity (Wildman–Crippen MR) is 78.1 cm³/mol. The highest BCUT2D eigenvalue weighted by atomic mass is 15.1. The number of nitrogens with zero attached hydrogens (tertiary/aromatic N) is 1. The Morgan fingerprint density at radius 1 is 1.22 bits per heavy atom. The summed E-state index contributed by atoms with van der Waals surface area (Å²) < 4.78 is 0.